The molecule has 0 bridgehead atoms. The SMILES string of the molecule is CN(Cc1cccc(F)c1)C(=O)CC1(CN)CCC1. The lowest BCUT2D eigenvalue weighted by Gasteiger charge is -2.41. The second kappa shape index (κ2) is 5.70. The number of nitrogens with zero attached hydrogens (tertiary/aromatic N) is 1. The van der Waals surface area contributed by atoms with E-state index in [2.05, 4.69) is 0 Å². The van der Waals surface area contributed by atoms with Crippen LogP contribution >= 0.6 is 0 Å². The van der Waals surface area contributed by atoms with Crippen molar-refractivity contribution in [1.29, 1.82) is 0 Å². The molecule has 0 spiro atoms. The Balaban J connectivity index is 1.92. The Morgan fingerprint density at radius 2 is 2.21 bits per heavy atom. The van der Waals surface area contributed by atoms with Crippen LogP contribution in [0.3, 0.4) is 0 Å². The van der Waals surface area contributed by atoms with Gasteiger partial charge in [-0.1, -0.05) is 18.6 Å². The molecule has 1 aromatic carbocycles. The molecule has 1 aliphatic carbocycles. The molecule has 1 amide bonds. The fourth-order valence-corrected chi connectivity index (χ4v) is 2.58. The van der Waals surface area contributed by atoms with Gasteiger partial charge in [-0.05, 0) is 42.5 Å². The monoisotopic (exact) mass is 264 g/mol. The van der Waals surface area contributed by atoms with E-state index in [1.165, 1.54) is 12.1 Å². The number of carbonyl (C=O) groups is 1. The number of hydrogen-bond acceptors (Lipinski definition) is 2. The topological polar surface area (TPSA) is 46.3 Å². The summed E-state index contributed by atoms with van der Waals surface area (Å²) in [7, 11) is 1.76. The molecule has 4 heteroatoms. The molecule has 2 N–H and O–H groups in total. The number of rotatable bonds is 5. The number of nitrogens with two attached hydrogens (primary N) is 1. The minimum Gasteiger partial charge on any atom is -0.341 e. The predicted octanol–water partition coefficient (Wildman–Crippen LogP) is 2.30. The molecule has 19 heavy (non-hydrogen) atoms. The average Bonchev–Trinajstić information content (AvgIpc) is 2.33. The molecule has 1 aliphatic rings. The Morgan fingerprint density at radius 3 is 2.74 bits per heavy atom. The van der Waals surface area contributed by atoms with Crippen LogP contribution in [0.15, 0.2) is 24.3 Å². The van der Waals surface area contributed by atoms with Crippen LogP contribution in [0.4, 0.5) is 4.39 Å². The molecule has 1 aromatic rings. The normalized spacial score (nSPS) is 16.8. The summed E-state index contributed by atoms with van der Waals surface area (Å²) < 4.78 is 13.1. The number of benzene rings is 1. The third-order valence-corrected chi connectivity index (χ3v) is 4.11. The highest BCUT2D eigenvalue weighted by molar-refractivity contribution is 5.76. The quantitative estimate of drug-likeness (QED) is 0.887. The van der Waals surface area contributed by atoms with Crippen LogP contribution in [0.1, 0.15) is 31.2 Å². The molecule has 0 radical (unpaired) electrons. The molecule has 0 saturated heterocycles. The van der Waals surface area contributed by atoms with Crippen molar-refractivity contribution in [2.75, 3.05) is 13.6 Å². The zero-order chi connectivity index (χ0) is 13.9. The Hall–Kier alpha value is -1.42. The van der Waals surface area contributed by atoms with Gasteiger partial charge in [0.05, 0.1) is 0 Å². The third kappa shape index (κ3) is 3.32. The average molecular weight is 264 g/mol. The zero-order valence-corrected chi connectivity index (χ0v) is 11.4. The van der Waals surface area contributed by atoms with Gasteiger partial charge in [0.2, 0.25) is 5.91 Å². The number of carbonyl (C=O) groups excluding carboxylic acids is 1. The van der Waals surface area contributed by atoms with Gasteiger partial charge in [0.25, 0.3) is 0 Å². The molecule has 1 saturated carbocycles. The Labute approximate surface area is 113 Å². The van der Waals surface area contributed by atoms with Crippen molar-refractivity contribution in [2.45, 2.75) is 32.2 Å². The lowest BCUT2D eigenvalue weighted by molar-refractivity contribution is -0.134. The number of hydrogen-bond donors (Lipinski definition) is 1. The first-order valence-electron chi connectivity index (χ1n) is 6.73. The number of halogens is 1. The Bertz CT molecular complexity index is 452. The summed E-state index contributed by atoms with van der Waals surface area (Å²) in [5.74, 6) is -0.176. The predicted molar refractivity (Wildman–Crippen MR) is 72.8 cm³/mol. The van der Waals surface area contributed by atoms with Gasteiger partial charge in [0, 0.05) is 20.0 Å². The van der Waals surface area contributed by atoms with E-state index in [0.29, 0.717) is 19.5 Å². The van der Waals surface area contributed by atoms with Crippen molar-refractivity contribution < 1.29 is 9.18 Å². The summed E-state index contributed by atoms with van der Waals surface area (Å²) in [6, 6.07) is 6.36. The molecule has 3 nitrogen and oxygen atoms in total. The first kappa shape index (κ1) is 14.0. The van der Waals surface area contributed by atoms with E-state index in [1.54, 1.807) is 18.0 Å². The molecule has 1 fully saturated rings. The Morgan fingerprint density at radius 1 is 1.47 bits per heavy atom. The number of amides is 1. The summed E-state index contributed by atoms with van der Waals surface area (Å²) in [5, 5.41) is 0. The fourth-order valence-electron chi connectivity index (χ4n) is 2.58. The summed E-state index contributed by atoms with van der Waals surface area (Å²) in [4.78, 5) is 13.8. The van der Waals surface area contributed by atoms with Crippen molar-refractivity contribution in [3.05, 3.63) is 35.6 Å². The molecule has 0 aromatic heterocycles. The van der Waals surface area contributed by atoms with Crippen LogP contribution in [0.25, 0.3) is 0 Å². The summed E-state index contributed by atoms with van der Waals surface area (Å²) in [5.41, 5.74) is 6.60. The third-order valence-electron chi connectivity index (χ3n) is 4.11. The molecule has 0 aliphatic heterocycles. The highest BCUT2D eigenvalue weighted by Gasteiger charge is 2.38. The van der Waals surface area contributed by atoms with Crippen LogP contribution in [0, 0.1) is 11.2 Å². The molecule has 104 valence electrons. The second-order valence-electron chi connectivity index (χ2n) is 5.61. The summed E-state index contributed by atoms with van der Waals surface area (Å²) in [6.45, 7) is 1.02. The van der Waals surface area contributed by atoms with Gasteiger partial charge in [-0.2, -0.15) is 0 Å². The lowest BCUT2D eigenvalue weighted by Crippen LogP contribution is -2.42. The first-order chi connectivity index (χ1) is 9.04. The Kier molecular flexibility index (Phi) is 4.20. The van der Waals surface area contributed by atoms with Gasteiger partial charge in [0.1, 0.15) is 5.82 Å². The van der Waals surface area contributed by atoms with Crippen molar-refractivity contribution >= 4 is 5.91 Å². The maximum Gasteiger partial charge on any atom is 0.223 e. The molecule has 0 unspecified atom stereocenters. The van der Waals surface area contributed by atoms with E-state index in [0.717, 1.165) is 24.8 Å². The standard InChI is InChI=1S/C15H21FN2O/c1-18(10-12-4-2-5-13(16)8-12)14(19)9-15(11-17)6-3-7-15/h2,4-5,8H,3,6-7,9-11,17H2,1H3. The van der Waals surface area contributed by atoms with Crippen molar-refractivity contribution in [1.82, 2.24) is 4.90 Å². The minimum atomic E-state index is -0.268. The summed E-state index contributed by atoms with van der Waals surface area (Å²) in [6.07, 6.45) is 3.76. The van der Waals surface area contributed by atoms with Crippen LogP contribution in [-0.2, 0) is 11.3 Å². The van der Waals surface area contributed by atoms with Gasteiger partial charge in [-0.15, -0.1) is 0 Å². The fraction of sp³-hybridized carbons (Fsp3) is 0.533. The van der Waals surface area contributed by atoms with Crippen molar-refractivity contribution in [2.24, 2.45) is 11.1 Å². The van der Waals surface area contributed by atoms with E-state index in [9.17, 15) is 9.18 Å². The summed E-state index contributed by atoms with van der Waals surface area (Å²) >= 11 is 0. The van der Waals surface area contributed by atoms with Crippen LogP contribution in [0.5, 0.6) is 0 Å². The van der Waals surface area contributed by atoms with Crippen LogP contribution in [0.2, 0.25) is 0 Å². The van der Waals surface area contributed by atoms with E-state index < -0.39 is 0 Å². The van der Waals surface area contributed by atoms with Crippen LogP contribution in [-0.4, -0.2) is 24.4 Å². The van der Waals surface area contributed by atoms with Crippen molar-refractivity contribution in [3.8, 4) is 0 Å². The maximum absolute atomic E-state index is 13.1. The van der Waals surface area contributed by atoms with E-state index >= 15 is 0 Å². The highest BCUT2D eigenvalue weighted by atomic mass is 19.1. The minimum absolute atomic E-state index is 0.0211. The smallest absolute Gasteiger partial charge is 0.223 e. The maximum atomic E-state index is 13.1. The van der Waals surface area contributed by atoms with E-state index in [4.69, 9.17) is 5.73 Å². The van der Waals surface area contributed by atoms with E-state index in [1.807, 2.05) is 6.07 Å². The molecule has 2 rings (SSSR count). The zero-order valence-electron chi connectivity index (χ0n) is 11.4. The molecular weight excluding hydrogens is 243 g/mol. The highest BCUT2D eigenvalue weighted by Crippen LogP contribution is 2.43. The molecule has 0 heterocycles. The van der Waals surface area contributed by atoms with Gasteiger partial charge in [-0.25, -0.2) is 4.39 Å². The van der Waals surface area contributed by atoms with E-state index in [-0.39, 0.29) is 17.1 Å². The van der Waals surface area contributed by atoms with Gasteiger partial charge in [0.15, 0.2) is 0 Å². The van der Waals surface area contributed by atoms with Gasteiger partial charge in [-0.3, -0.25) is 4.79 Å². The molecular formula is C15H21FN2O. The second-order valence-corrected chi connectivity index (χ2v) is 5.61. The largest absolute Gasteiger partial charge is 0.341 e. The lowest BCUT2D eigenvalue weighted by atomic mass is 9.66. The molecule has 0 atom stereocenters. The van der Waals surface area contributed by atoms with Crippen molar-refractivity contribution in [3.63, 3.8) is 0 Å². The first-order valence-corrected chi connectivity index (χ1v) is 6.73. The van der Waals surface area contributed by atoms with Gasteiger partial charge < -0.3 is 10.6 Å². The van der Waals surface area contributed by atoms with Gasteiger partial charge >= 0.3 is 0 Å². The van der Waals surface area contributed by atoms with Crippen LogP contribution < -0.4 is 5.73 Å².